The van der Waals surface area contributed by atoms with Crippen LogP contribution in [0.4, 0.5) is 0 Å². The smallest absolute Gasteiger partial charge is 0.339 e. The predicted octanol–water partition coefficient (Wildman–Crippen LogP) is 4.41. The zero-order valence-electron chi connectivity index (χ0n) is 13.0. The highest BCUT2D eigenvalue weighted by molar-refractivity contribution is 7.87. The minimum atomic E-state index is -4.03. The molecule has 0 aliphatic rings. The highest BCUT2D eigenvalue weighted by Gasteiger charge is 2.21. The van der Waals surface area contributed by atoms with Crippen molar-refractivity contribution in [1.29, 1.82) is 5.26 Å². The summed E-state index contributed by atoms with van der Waals surface area (Å²) in [6, 6.07) is 11.0. The molecule has 0 spiro atoms. The van der Waals surface area contributed by atoms with E-state index in [1.54, 1.807) is 19.1 Å². The Balaban J connectivity index is 2.49. The summed E-state index contributed by atoms with van der Waals surface area (Å²) in [4.78, 5) is -0.0566. The van der Waals surface area contributed by atoms with E-state index < -0.39 is 10.1 Å². The third-order valence-electron chi connectivity index (χ3n) is 3.36. The molecule has 0 unspecified atom stereocenters. The Morgan fingerprint density at radius 2 is 1.91 bits per heavy atom. The number of halogens is 1. The third-order valence-corrected chi connectivity index (χ3v) is 5.00. The lowest BCUT2D eigenvalue weighted by atomic mass is 10.0. The number of nitriles is 1. The molecule has 0 saturated carbocycles. The Bertz CT molecular complexity index is 883. The van der Waals surface area contributed by atoms with Crippen molar-refractivity contribution in [2.45, 2.75) is 31.6 Å². The number of rotatable bonds is 4. The lowest BCUT2D eigenvalue weighted by Gasteiger charge is -2.15. The highest BCUT2D eigenvalue weighted by Crippen LogP contribution is 2.33. The summed E-state index contributed by atoms with van der Waals surface area (Å²) in [6.45, 7) is 5.63. The number of benzene rings is 2. The maximum absolute atomic E-state index is 12.5. The number of hydrogen-bond acceptors (Lipinski definition) is 4. The van der Waals surface area contributed by atoms with Gasteiger partial charge in [0.05, 0.1) is 11.6 Å². The van der Waals surface area contributed by atoms with Crippen LogP contribution in [0, 0.1) is 18.3 Å². The number of hydrogen-bond donors (Lipinski definition) is 0. The van der Waals surface area contributed by atoms with E-state index in [-0.39, 0.29) is 22.1 Å². The molecule has 120 valence electrons. The standard InChI is InChI=1S/C17H16ClNO3S/c1-11(2)15-9-16(18)12(3)7-17(15)22-23(20,21)14-6-4-5-13(8-14)10-19/h4-9,11H,1-3H3. The van der Waals surface area contributed by atoms with Gasteiger partial charge in [0.15, 0.2) is 0 Å². The maximum atomic E-state index is 12.5. The van der Waals surface area contributed by atoms with Crippen LogP contribution in [-0.4, -0.2) is 8.42 Å². The second-order valence-electron chi connectivity index (χ2n) is 5.47. The van der Waals surface area contributed by atoms with Crippen LogP contribution in [0.1, 0.15) is 36.5 Å². The zero-order chi connectivity index (χ0) is 17.2. The van der Waals surface area contributed by atoms with E-state index in [0.29, 0.717) is 10.6 Å². The van der Waals surface area contributed by atoms with Gasteiger partial charge in [0.1, 0.15) is 10.6 Å². The van der Waals surface area contributed by atoms with Crippen LogP contribution in [0.15, 0.2) is 41.3 Å². The number of nitrogens with zero attached hydrogens (tertiary/aromatic N) is 1. The van der Waals surface area contributed by atoms with Gasteiger partial charge in [-0.25, -0.2) is 0 Å². The highest BCUT2D eigenvalue weighted by atomic mass is 35.5. The molecule has 2 aromatic rings. The molecule has 0 aliphatic heterocycles. The number of aryl methyl sites for hydroxylation is 1. The Labute approximate surface area is 141 Å². The molecular formula is C17H16ClNO3S. The molecule has 0 atom stereocenters. The topological polar surface area (TPSA) is 67.2 Å². The van der Waals surface area contributed by atoms with Gasteiger partial charge in [-0.15, -0.1) is 0 Å². The van der Waals surface area contributed by atoms with Crippen molar-refractivity contribution in [2.24, 2.45) is 0 Å². The molecule has 0 aliphatic carbocycles. The van der Waals surface area contributed by atoms with Crippen molar-refractivity contribution in [2.75, 3.05) is 0 Å². The van der Waals surface area contributed by atoms with E-state index in [0.717, 1.165) is 5.56 Å². The minimum Gasteiger partial charge on any atom is -0.379 e. The maximum Gasteiger partial charge on any atom is 0.339 e. The van der Waals surface area contributed by atoms with E-state index in [9.17, 15) is 8.42 Å². The van der Waals surface area contributed by atoms with Crippen molar-refractivity contribution in [3.05, 3.63) is 58.1 Å². The van der Waals surface area contributed by atoms with E-state index >= 15 is 0 Å². The first-order chi connectivity index (χ1) is 10.7. The Morgan fingerprint density at radius 3 is 2.52 bits per heavy atom. The van der Waals surface area contributed by atoms with E-state index in [4.69, 9.17) is 21.0 Å². The fourth-order valence-electron chi connectivity index (χ4n) is 2.08. The molecule has 0 radical (unpaired) electrons. The molecule has 2 aromatic carbocycles. The Hall–Kier alpha value is -2.03. The second kappa shape index (κ2) is 6.61. The Morgan fingerprint density at radius 1 is 1.22 bits per heavy atom. The second-order valence-corrected chi connectivity index (χ2v) is 7.42. The Kier molecular flexibility index (Phi) is 4.98. The molecule has 6 heteroatoms. The first-order valence-electron chi connectivity index (χ1n) is 6.99. The molecule has 0 N–H and O–H groups in total. The molecule has 0 bridgehead atoms. The van der Waals surface area contributed by atoms with Crippen LogP contribution in [0.25, 0.3) is 0 Å². The van der Waals surface area contributed by atoms with Gasteiger partial charge in [-0.1, -0.05) is 31.5 Å². The normalized spacial score (nSPS) is 11.3. The van der Waals surface area contributed by atoms with Gasteiger partial charge in [0, 0.05) is 5.02 Å². The monoisotopic (exact) mass is 349 g/mol. The van der Waals surface area contributed by atoms with E-state index in [1.807, 2.05) is 19.9 Å². The first-order valence-corrected chi connectivity index (χ1v) is 8.78. The van der Waals surface area contributed by atoms with Crippen molar-refractivity contribution in [1.82, 2.24) is 0 Å². The third kappa shape index (κ3) is 3.84. The largest absolute Gasteiger partial charge is 0.379 e. The lowest BCUT2D eigenvalue weighted by Crippen LogP contribution is -2.12. The zero-order valence-corrected chi connectivity index (χ0v) is 14.6. The summed E-state index contributed by atoms with van der Waals surface area (Å²) >= 11 is 6.12. The minimum absolute atomic E-state index is 0.0451. The summed E-state index contributed by atoms with van der Waals surface area (Å²) in [5.41, 5.74) is 1.69. The summed E-state index contributed by atoms with van der Waals surface area (Å²) in [6.07, 6.45) is 0. The molecule has 2 rings (SSSR count). The van der Waals surface area contributed by atoms with Gasteiger partial charge < -0.3 is 4.18 Å². The molecule has 23 heavy (non-hydrogen) atoms. The fourth-order valence-corrected chi connectivity index (χ4v) is 3.25. The van der Waals surface area contributed by atoms with Gasteiger partial charge in [0.25, 0.3) is 0 Å². The van der Waals surface area contributed by atoms with E-state index in [1.165, 1.54) is 24.3 Å². The molecule has 0 aromatic heterocycles. The molecule has 0 saturated heterocycles. The van der Waals surface area contributed by atoms with Crippen LogP contribution in [0.5, 0.6) is 5.75 Å². The summed E-state index contributed by atoms with van der Waals surface area (Å²) in [5, 5.41) is 9.46. The van der Waals surface area contributed by atoms with Gasteiger partial charge in [-0.05, 0) is 54.3 Å². The van der Waals surface area contributed by atoms with Crippen molar-refractivity contribution >= 4 is 21.7 Å². The van der Waals surface area contributed by atoms with Crippen LogP contribution < -0.4 is 4.18 Å². The van der Waals surface area contributed by atoms with Crippen LogP contribution in [0.2, 0.25) is 5.02 Å². The van der Waals surface area contributed by atoms with Crippen molar-refractivity contribution in [3.8, 4) is 11.8 Å². The van der Waals surface area contributed by atoms with Gasteiger partial charge in [0.2, 0.25) is 0 Å². The predicted molar refractivity (Wildman–Crippen MR) is 89.2 cm³/mol. The van der Waals surface area contributed by atoms with Gasteiger partial charge in [-0.2, -0.15) is 13.7 Å². The summed E-state index contributed by atoms with van der Waals surface area (Å²) < 4.78 is 30.3. The molecule has 4 nitrogen and oxygen atoms in total. The average molecular weight is 350 g/mol. The first kappa shape index (κ1) is 17.3. The molecule has 0 heterocycles. The van der Waals surface area contributed by atoms with E-state index in [2.05, 4.69) is 0 Å². The van der Waals surface area contributed by atoms with Crippen LogP contribution in [0.3, 0.4) is 0 Å². The quantitative estimate of drug-likeness (QED) is 0.767. The van der Waals surface area contributed by atoms with Gasteiger partial charge >= 0.3 is 10.1 Å². The van der Waals surface area contributed by atoms with Crippen molar-refractivity contribution in [3.63, 3.8) is 0 Å². The average Bonchev–Trinajstić information content (AvgIpc) is 2.50. The SMILES string of the molecule is Cc1cc(OS(=O)(=O)c2cccc(C#N)c2)c(C(C)C)cc1Cl. The van der Waals surface area contributed by atoms with Crippen LogP contribution >= 0.6 is 11.6 Å². The molecular weight excluding hydrogens is 334 g/mol. The summed E-state index contributed by atoms with van der Waals surface area (Å²) in [5.74, 6) is 0.299. The lowest BCUT2D eigenvalue weighted by molar-refractivity contribution is 0.481. The van der Waals surface area contributed by atoms with Crippen molar-refractivity contribution < 1.29 is 12.6 Å². The van der Waals surface area contributed by atoms with Crippen LogP contribution in [-0.2, 0) is 10.1 Å². The molecule has 0 amide bonds. The molecule has 0 fully saturated rings. The van der Waals surface area contributed by atoms with Gasteiger partial charge in [-0.3, -0.25) is 0 Å². The summed E-state index contributed by atoms with van der Waals surface area (Å²) in [7, 11) is -4.03. The fraction of sp³-hybridized carbons (Fsp3) is 0.235.